The van der Waals surface area contributed by atoms with Gasteiger partial charge in [0.05, 0.1) is 20.3 Å². The van der Waals surface area contributed by atoms with Crippen LogP contribution in [0.5, 0.6) is 11.8 Å². The van der Waals surface area contributed by atoms with Gasteiger partial charge in [-0.15, -0.1) is 0 Å². The molecule has 0 saturated heterocycles. The molecule has 0 unspecified atom stereocenters. The van der Waals surface area contributed by atoms with E-state index in [2.05, 4.69) is 4.98 Å². The maximum absolute atomic E-state index is 10.7. The van der Waals surface area contributed by atoms with Crippen molar-refractivity contribution in [2.24, 2.45) is 0 Å². The molecule has 1 atom stereocenters. The maximum atomic E-state index is 10.7. The van der Waals surface area contributed by atoms with Gasteiger partial charge in [0.2, 0.25) is 0 Å². The number of aromatic nitrogens is 2. The summed E-state index contributed by atoms with van der Waals surface area (Å²) in [7, 11) is 1.63. The molecular weight excluding hydrogens is 302 g/mol. The molecule has 0 N–H and O–H groups in total. The first-order chi connectivity index (χ1) is 11.2. The highest BCUT2D eigenvalue weighted by atomic mass is 16.6. The van der Waals surface area contributed by atoms with E-state index in [4.69, 9.17) is 14.2 Å². The third-order valence-electron chi connectivity index (χ3n) is 3.61. The lowest BCUT2D eigenvalue weighted by molar-refractivity contribution is -0.389. The Morgan fingerprint density at radius 1 is 1.43 bits per heavy atom. The molecule has 2 heterocycles. The van der Waals surface area contributed by atoms with E-state index < -0.39 is 4.92 Å². The summed E-state index contributed by atoms with van der Waals surface area (Å²) in [4.78, 5) is 14.0. The van der Waals surface area contributed by atoms with Crippen LogP contribution < -0.4 is 9.47 Å². The van der Waals surface area contributed by atoms with Crippen LogP contribution in [0.15, 0.2) is 30.5 Å². The number of nitrogens with zero attached hydrogens (tertiary/aromatic N) is 3. The van der Waals surface area contributed by atoms with Crippen molar-refractivity contribution in [3.63, 3.8) is 0 Å². The van der Waals surface area contributed by atoms with Crippen molar-refractivity contribution in [3.05, 3.63) is 46.1 Å². The topological polar surface area (TPSA) is 88.7 Å². The highest BCUT2D eigenvalue weighted by Gasteiger charge is 2.28. The van der Waals surface area contributed by atoms with Crippen molar-refractivity contribution in [2.45, 2.75) is 25.7 Å². The van der Waals surface area contributed by atoms with Gasteiger partial charge >= 0.3 is 11.8 Å². The Labute approximate surface area is 132 Å². The van der Waals surface area contributed by atoms with Crippen LogP contribution in [0.25, 0.3) is 0 Å². The van der Waals surface area contributed by atoms with Crippen LogP contribution in [-0.2, 0) is 17.9 Å². The first-order valence-electron chi connectivity index (χ1n) is 7.24. The lowest BCUT2D eigenvalue weighted by Crippen LogP contribution is -2.30. The van der Waals surface area contributed by atoms with Crippen molar-refractivity contribution >= 4 is 5.82 Å². The second-order valence-corrected chi connectivity index (χ2v) is 5.22. The van der Waals surface area contributed by atoms with Crippen LogP contribution in [0, 0.1) is 10.1 Å². The Morgan fingerprint density at radius 3 is 2.91 bits per heavy atom. The largest absolute Gasteiger partial charge is 0.497 e. The molecule has 0 aliphatic carbocycles. The second kappa shape index (κ2) is 6.66. The highest BCUT2D eigenvalue weighted by molar-refractivity contribution is 5.26. The number of aryl methyl sites for hydroxylation is 1. The average Bonchev–Trinajstić information content (AvgIpc) is 2.99. The molecule has 23 heavy (non-hydrogen) atoms. The van der Waals surface area contributed by atoms with E-state index in [1.165, 1.54) is 6.20 Å². The number of hydrogen-bond donors (Lipinski definition) is 0. The molecule has 1 aliphatic rings. The lowest BCUT2D eigenvalue weighted by Gasteiger charge is -2.21. The molecule has 1 aliphatic heterocycles. The zero-order valence-electron chi connectivity index (χ0n) is 12.7. The van der Waals surface area contributed by atoms with Gasteiger partial charge in [-0.05, 0) is 22.6 Å². The van der Waals surface area contributed by atoms with Gasteiger partial charge in [0.1, 0.15) is 18.1 Å². The van der Waals surface area contributed by atoms with Crippen LogP contribution in [0.3, 0.4) is 0 Å². The number of ether oxygens (including phenoxy) is 3. The number of fused-ring (bicyclic) bond motifs is 1. The van der Waals surface area contributed by atoms with Gasteiger partial charge in [-0.3, -0.25) is 4.57 Å². The fraction of sp³-hybridized carbons (Fsp3) is 0.400. The zero-order chi connectivity index (χ0) is 16.2. The van der Waals surface area contributed by atoms with E-state index in [-0.39, 0.29) is 17.9 Å². The maximum Gasteiger partial charge on any atom is 0.414 e. The summed E-state index contributed by atoms with van der Waals surface area (Å²) >= 11 is 0. The minimum atomic E-state index is -0.524. The van der Waals surface area contributed by atoms with Crippen molar-refractivity contribution in [1.82, 2.24) is 9.55 Å². The highest BCUT2D eigenvalue weighted by Crippen LogP contribution is 2.24. The van der Waals surface area contributed by atoms with Crippen molar-refractivity contribution < 1.29 is 19.1 Å². The third kappa shape index (κ3) is 3.59. The van der Waals surface area contributed by atoms with E-state index in [0.717, 1.165) is 17.7 Å². The molecule has 0 fully saturated rings. The molecule has 0 saturated carbocycles. The Hall–Kier alpha value is -2.61. The SMILES string of the molecule is COc1ccc(COC[C@@H]2CCn3cc([N+](=O)[O-])nc3O2)cc1. The summed E-state index contributed by atoms with van der Waals surface area (Å²) in [6, 6.07) is 7.92. The van der Waals surface area contributed by atoms with Crippen molar-refractivity contribution in [3.8, 4) is 11.8 Å². The smallest absolute Gasteiger partial charge is 0.414 e. The van der Waals surface area contributed by atoms with E-state index in [1.54, 1.807) is 11.7 Å². The van der Waals surface area contributed by atoms with Crippen LogP contribution in [0.4, 0.5) is 5.82 Å². The summed E-state index contributed by atoms with van der Waals surface area (Å²) in [5.41, 5.74) is 1.04. The number of benzene rings is 1. The minimum absolute atomic E-state index is 0.150. The van der Waals surface area contributed by atoms with Gasteiger partial charge in [0.25, 0.3) is 0 Å². The quantitative estimate of drug-likeness (QED) is 0.599. The van der Waals surface area contributed by atoms with E-state index >= 15 is 0 Å². The molecule has 1 aromatic heterocycles. The summed E-state index contributed by atoms with van der Waals surface area (Å²) in [6.07, 6.45) is 1.97. The van der Waals surface area contributed by atoms with Gasteiger partial charge < -0.3 is 24.3 Å². The summed E-state index contributed by atoms with van der Waals surface area (Å²) < 4.78 is 18.1. The van der Waals surface area contributed by atoms with Gasteiger partial charge in [0, 0.05) is 17.9 Å². The van der Waals surface area contributed by atoms with E-state index in [1.807, 2.05) is 24.3 Å². The van der Waals surface area contributed by atoms with E-state index in [0.29, 0.717) is 19.8 Å². The van der Waals surface area contributed by atoms with Crippen molar-refractivity contribution in [1.29, 1.82) is 0 Å². The number of rotatable bonds is 6. The number of methoxy groups -OCH3 is 1. The van der Waals surface area contributed by atoms with Crippen LogP contribution in [-0.4, -0.2) is 34.3 Å². The van der Waals surface area contributed by atoms with E-state index in [9.17, 15) is 10.1 Å². The minimum Gasteiger partial charge on any atom is -0.497 e. The van der Waals surface area contributed by atoms with Gasteiger partial charge in [0.15, 0.2) is 0 Å². The molecule has 8 nitrogen and oxygen atoms in total. The number of imidazole rings is 1. The number of nitro groups is 1. The average molecular weight is 319 g/mol. The van der Waals surface area contributed by atoms with Gasteiger partial charge in [-0.25, -0.2) is 0 Å². The van der Waals surface area contributed by atoms with Gasteiger partial charge in [-0.2, -0.15) is 0 Å². The predicted octanol–water partition coefficient (Wildman–Crippen LogP) is 2.17. The summed E-state index contributed by atoms with van der Waals surface area (Å²) in [5, 5.41) is 10.7. The molecule has 1 aromatic carbocycles. The molecule has 0 spiro atoms. The van der Waals surface area contributed by atoms with Crippen LogP contribution in [0.2, 0.25) is 0 Å². The van der Waals surface area contributed by atoms with Crippen LogP contribution >= 0.6 is 0 Å². The Balaban J connectivity index is 1.50. The summed E-state index contributed by atoms with van der Waals surface area (Å²) in [6.45, 7) is 1.51. The Kier molecular flexibility index (Phi) is 4.42. The molecular formula is C15H17N3O5. The first-order valence-corrected chi connectivity index (χ1v) is 7.24. The lowest BCUT2D eigenvalue weighted by atomic mass is 10.2. The molecule has 0 bridgehead atoms. The Morgan fingerprint density at radius 2 is 2.22 bits per heavy atom. The molecule has 2 aromatic rings. The molecule has 122 valence electrons. The third-order valence-corrected chi connectivity index (χ3v) is 3.61. The molecule has 0 amide bonds. The van der Waals surface area contributed by atoms with Gasteiger partial charge in [-0.1, -0.05) is 12.1 Å². The zero-order valence-corrected chi connectivity index (χ0v) is 12.7. The first kappa shape index (κ1) is 15.3. The molecule has 0 radical (unpaired) electrons. The fourth-order valence-corrected chi connectivity index (χ4v) is 2.37. The Bertz CT molecular complexity index is 683. The monoisotopic (exact) mass is 319 g/mol. The number of hydrogen-bond acceptors (Lipinski definition) is 6. The van der Waals surface area contributed by atoms with Crippen LogP contribution in [0.1, 0.15) is 12.0 Å². The normalized spacial score (nSPS) is 16.5. The molecule has 8 heteroatoms. The van der Waals surface area contributed by atoms with Crippen molar-refractivity contribution in [2.75, 3.05) is 13.7 Å². The second-order valence-electron chi connectivity index (χ2n) is 5.22. The molecule has 3 rings (SSSR count). The predicted molar refractivity (Wildman–Crippen MR) is 80.6 cm³/mol. The fourth-order valence-electron chi connectivity index (χ4n) is 2.37. The standard InChI is InChI=1S/C15H17N3O5/c1-21-12-4-2-11(3-5-12)9-22-10-13-6-7-17-8-14(18(19)20)16-15(17)23-13/h2-5,8,13H,6-7,9-10H2,1H3/t13-/m0/s1. The summed E-state index contributed by atoms with van der Waals surface area (Å²) in [5.74, 6) is 0.609.